The molecule has 0 bridgehead atoms. The second-order valence-electron chi connectivity index (χ2n) is 1.97. The zero-order valence-corrected chi connectivity index (χ0v) is 6.59. The molecule has 0 spiro atoms. The molecule has 0 atom stereocenters. The molecular formula is C10H10O2. The number of ether oxygens (including phenoxy) is 2. The van der Waals surface area contributed by atoms with Gasteiger partial charge in [0.1, 0.15) is 25.0 Å². The molecule has 0 unspecified atom stereocenters. The second-order valence-corrected chi connectivity index (χ2v) is 1.97. The van der Waals surface area contributed by atoms with Crippen molar-refractivity contribution in [2.45, 2.75) is 0 Å². The van der Waals surface area contributed by atoms with Crippen molar-refractivity contribution in [1.29, 1.82) is 0 Å². The third-order valence-electron chi connectivity index (χ3n) is 1.09. The van der Waals surface area contributed by atoms with Crippen molar-refractivity contribution in [3.8, 4) is 0 Å². The molecule has 1 aliphatic heterocycles. The van der Waals surface area contributed by atoms with Crippen LogP contribution in [-0.4, -0.2) is 0 Å². The van der Waals surface area contributed by atoms with E-state index in [-0.39, 0.29) is 0 Å². The van der Waals surface area contributed by atoms with Crippen LogP contribution in [0.5, 0.6) is 0 Å². The van der Waals surface area contributed by atoms with Gasteiger partial charge in [-0.25, -0.2) is 0 Å². The number of benzene rings is 1. The molecule has 0 aromatic heterocycles. The quantitative estimate of drug-likeness (QED) is 0.583. The Labute approximate surface area is 71.7 Å². The van der Waals surface area contributed by atoms with Gasteiger partial charge in [-0.1, -0.05) is 36.4 Å². The van der Waals surface area contributed by atoms with Crippen LogP contribution in [0.3, 0.4) is 0 Å². The van der Waals surface area contributed by atoms with Crippen LogP contribution in [0, 0.1) is 0 Å². The van der Waals surface area contributed by atoms with E-state index in [0.29, 0.717) is 0 Å². The van der Waals surface area contributed by atoms with E-state index >= 15 is 0 Å². The molecule has 1 aromatic carbocycles. The van der Waals surface area contributed by atoms with Gasteiger partial charge >= 0.3 is 0 Å². The molecule has 2 rings (SSSR count). The monoisotopic (exact) mass is 162 g/mol. The van der Waals surface area contributed by atoms with E-state index in [1.54, 1.807) is 0 Å². The predicted molar refractivity (Wildman–Crippen MR) is 46.9 cm³/mol. The average Bonchev–Trinajstić information content (AvgIpc) is 2.24. The largest absolute Gasteiger partial charge is 0.466 e. The summed E-state index contributed by atoms with van der Waals surface area (Å²) in [5, 5.41) is 0. The molecule has 1 aromatic rings. The number of rotatable bonds is 0. The van der Waals surface area contributed by atoms with E-state index in [4.69, 9.17) is 0 Å². The van der Waals surface area contributed by atoms with Crippen molar-refractivity contribution < 1.29 is 9.47 Å². The van der Waals surface area contributed by atoms with Crippen molar-refractivity contribution in [2.24, 2.45) is 0 Å². The minimum Gasteiger partial charge on any atom is -0.466 e. The maximum absolute atomic E-state index is 4.58. The lowest BCUT2D eigenvalue weighted by molar-refractivity contribution is 0.290. The minimum atomic E-state index is 1.46. The Morgan fingerprint density at radius 1 is 0.417 bits per heavy atom. The second kappa shape index (κ2) is 6.04. The first-order valence-electron chi connectivity index (χ1n) is 3.61. The van der Waals surface area contributed by atoms with Gasteiger partial charge in [0.15, 0.2) is 0 Å². The highest BCUT2D eigenvalue weighted by molar-refractivity contribution is 4.99. The first-order chi connectivity index (χ1) is 6.00. The smallest absolute Gasteiger partial charge is 0.125 e. The Bertz CT molecular complexity index is 193. The molecule has 0 N–H and O–H groups in total. The normalized spacial score (nSPS) is 12.0. The summed E-state index contributed by atoms with van der Waals surface area (Å²) in [6, 6.07) is 12.0. The van der Waals surface area contributed by atoms with Crippen molar-refractivity contribution >= 4 is 0 Å². The summed E-state index contributed by atoms with van der Waals surface area (Å²) in [5.41, 5.74) is 0. The van der Waals surface area contributed by atoms with Crippen LogP contribution in [0.4, 0.5) is 0 Å². The fraction of sp³-hybridized carbons (Fsp3) is 0. The van der Waals surface area contributed by atoms with Crippen LogP contribution < -0.4 is 0 Å². The van der Waals surface area contributed by atoms with Crippen molar-refractivity contribution in [3.63, 3.8) is 0 Å². The molecule has 0 saturated heterocycles. The van der Waals surface area contributed by atoms with Gasteiger partial charge in [0.25, 0.3) is 0 Å². The topological polar surface area (TPSA) is 18.5 Å². The minimum absolute atomic E-state index is 1.46. The Balaban J connectivity index is 0.000000120. The van der Waals surface area contributed by atoms with Crippen LogP contribution in [0.1, 0.15) is 0 Å². The third-order valence-corrected chi connectivity index (χ3v) is 1.09. The summed E-state index contributed by atoms with van der Waals surface area (Å²) in [6.45, 7) is 0. The Kier molecular flexibility index (Phi) is 4.23. The van der Waals surface area contributed by atoms with E-state index in [1.807, 2.05) is 36.4 Å². The van der Waals surface area contributed by atoms with E-state index in [9.17, 15) is 0 Å². The molecule has 0 fully saturated rings. The Morgan fingerprint density at radius 3 is 0.833 bits per heavy atom. The van der Waals surface area contributed by atoms with Gasteiger partial charge in [-0.15, -0.1) is 0 Å². The lowest BCUT2D eigenvalue weighted by Crippen LogP contribution is -1.74. The van der Waals surface area contributed by atoms with E-state index in [1.165, 1.54) is 25.0 Å². The van der Waals surface area contributed by atoms with Gasteiger partial charge in [0.05, 0.1) is 0 Å². The molecule has 1 heterocycles. The molecule has 0 radical (unpaired) electrons. The van der Waals surface area contributed by atoms with Gasteiger partial charge in [-0.3, -0.25) is 0 Å². The van der Waals surface area contributed by atoms with Crippen molar-refractivity contribution in [2.75, 3.05) is 0 Å². The zero-order chi connectivity index (χ0) is 8.49. The van der Waals surface area contributed by atoms with Gasteiger partial charge in [0, 0.05) is 0 Å². The van der Waals surface area contributed by atoms with Crippen molar-refractivity contribution in [1.82, 2.24) is 0 Å². The third kappa shape index (κ3) is 4.17. The molecule has 1 aliphatic rings. The molecule has 0 amide bonds. The fourth-order valence-electron chi connectivity index (χ4n) is 0.604. The van der Waals surface area contributed by atoms with Crippen LogP contribution >= 0.6 is 0 Å². The molecule has 0 saturated carbocycles. The number of hydrogen-bond acceptors (Lipinski definition) is 2. The molecule has 62 valence electrons. The maximum atomic E-state index is 4.58. The molecule has 2 nitrogen and oxygen atoms in total. The highest BCUT2D eigenvalue weighted by Gasteiger charge is 1.74. The SMILES string of the molecule is C1=COC=CO1.c1ccccc1. The summed E-state index contributed by atoms with van der Waals surface area (Å²) < 4.78 is 9.17. The lowest BCUT2D eigenvalue weighted by atomic mass is 10.4. The summed E-state index contributed by atoms with van der Waals surface area (Å²) in [6.07, 6.45) is 5.83. The molecule has 12 heavy (non-hydrogen) atoms. The summed E-state index contributed by atoms with van der Waals surface area (Å²) >= 11 is 0. The maximum Gasteiger partial charge on any atom is 0.125 e. The standard InChI is InChI=1S/C6H6.C4H4O2/c1-2-4-6-5-3-1;1-2-6-4-3-5-1/h1-6H;1-4H. The van der Waals surface area contributed by atoms with Gasteiger partial charge in [-0.05, 0) is 0 Å². The Hall–Kier alpha value is -1.70. The zero-order valence-electron chi connectivity index (χ0n) is 6.59. The van der Waals surface area contributed by atoms with Crippen molar-refractivity contribution in [3.05, 3.63) is 61.4 Å². The highest BCUT2D eigenvalue weighted by Crippen LogP contribution is 1.89. The van der Waals surface area contributed by atoms with Gasteiger partial charge in [-0.2, -0.15) is 0 Å². The molecular weight excluding hydrogens is 152 g/mol. The summed E-state index contributed by atoms with van der Waals surface area (Å²) in [7, 11) is 0. The summed E-state index contributed by atoms with van der Waals surface area (Å²) in [4.78, 5) is 0. The van der Waals surface area contributed by atoms with Crippen LogP contribution in [0.2, 0.25) is 0 Å². The van der Waals surface area contributed by atoms with Crippen LogP contribution in [0.15, 0.2) is 61.4 Å². The molecule has 0 aliphatic carbocycles. The number of hydrogen-bond donors (Lipinski definition) is 0. The van der Waals surface area contributed by atoms with Crippen LogP contribution in [-0.2, 0) is 9.47 Å². The summed E-state index contributed by atoms with van der Waals surface area (Å²) in [5.74, 6) is 0. The van der Waals surface area contributed by atoms with E-state index in [2.05, 4.69) is 9.47 Å². The van der Waals surface area contributed by atoms with Gasteiger partial charge < -0.3 is 9.47 Å². The van der Waals surface area contributed by atoms with E-state index < -0.39 is 0 Å². The predicted octanol–water partition coefficient (Wildman–Crippen LogP) is 2.66. The van der Waals surface area contributed by atoms with Gasteiger partial charge in [0.2, 0.25) is 0 Å². The average molecular weight is 162 g/mol. The van der Waals surface area contributed by atoms with E-state index in [0.717, 1.165) is 0 Å². The van der Waals surface area contributed by atoms with Crippen LogP contribution in [0.25, 0.3) is 0 Å². The first-order valence-corrected chi connectivity index (χ1v) is 3.61. The fourth-order valence-corrected chi connectivity index (χ4v) is 0.604. The molecule has 2 heteroatoms. The lowest BCUT2D eigenvalue weighted by Gasteiger charge is -1.94. The highest BCUT2D eigenvalue weighted by atomic mass is 16.5. The first kappa shape index (κ1) is 8.40. The Morgan fingerprint density at radius 2 is 0.667 bits per heavy atom.